The molecule has 0 saturated carbocycles. The summed E-state index contributed by atoms with van der Waals surface area (Å²) >= 11 is 0. The van der Waals surface area contributed by atoms with Crippen LogP contribution in [0.4, 0.5) is 0 Å². The van der Waals surface area contributed by atoms with Gasteiger partial charge >= 0.3 is 0 Å². The predicted octanol–water partition coefficient (Wildman–Crippen LogP) is 1.17. The summed E-state index contributed by atoms with van der Waals surface area (Å²) in [5.41, 5.74) is 0. The number of rotatable bonds is 1. The van der Waals surface area contributed by atoms with Crippen molar-refractivity contribution in [2.24, 2.45) is 0 Å². The maximum Gasteiger partial charge on any atom is 0.0908 e. The second kappa shape index (κ2) is 5.10. The molecule has 7 heavy (non-hydrogen) atoms. The van der Waals surface area contributed by atoms with Gasteiger partial charge in [-0.05, 0) is 6.92 Å². The zero-order valence-corrected chi connectivity index (χ0v) is 4.56. The summed E-state index contributed by atoms with van der Waals surface area (Å²) < 4.78 is 4.56. The fourth-order valence-corrected chi connectivity index (χ4v) is 0.185. The van der Waals surface area contributed by atoms with E-state index in [1.165, 1.54) is 6.26 Å². The summed E-state index contributed by atoms with van der Waals surface area (Å²) in [6.07, 6.45) is 3.19. The van der Waals surface area contributed by atoms with Crippen molar-refractivity contribution >= 4 is 0 Å². The van der Waals surface area contributed by atoms with Gasteiger partial charge in [0.2, 0.25) is 0 Å². The Morgan fingerprint density at radius 1 is 1.57 bits per heavy atom. The van der Waals surface area contributed by atoms with Crippen LogP contribution in [0.2, 0.25) is 0 Å². The van der Waals surface area contributed by atoms with E-state index in [1.54, 1.807) is 20.1 Å². The third-order valence-corrected chi connectivity index (χ3v) is 0.432. The van der Waals surface area contributed by atoms with E-state index in [1.807, 2.05) is 0 Å². The molecule has 0 amide bonds. The van der Waals surface area contributed by atoms with Gasteiger partial charge in [0.05, 0.1) is 13.4 Å². The van der Waals surface area contributed by atoms with Gasteiger partial charge in [-0.3, -0.25) is 0 Å². The minimum atomic E-state index is 1.54. The molecule has 0 aromatic heterocycles. The van der Waals surface area contributed by atoms with Crippen LogP contribution in [0.15, 0.2) is 12.3 Å². The standard InChI is InChI=1S/C6H8O/c1-3-4-5-6-7-2/h5-6H,1-2H3/b6-5-. The number of allylic oxidation sites excluding steroid dienone is 1. The highest BCUT2D eigenvalue weighted by atomic mass is 16.5. The zero-order valence-electron chi connectivity index (χ0n) is 4.56. The molecule has 0 spiro atoms. The Balaban J connectivity index is 3.21. The molecule has 0 aliphatic rings. The third kappa shape index (κ3) is 5.10. The quantitative estimate of drug-likeness (QED) is 0.351. The molecule has 0 saturated heterocycles. The Hall–Kier alpha value is -0.900. The minimum Gasteiger partial charge on any atom is -0.504 e. The van der Waals surface area contributed by atoms with Crippen LogP contribution < -0.4 is 0 Å². The number of ether oxygens (including phenoxy) is 1. The van der Waals surface area contributed by atoms with Gasteiger partial charge in [-0.1, -0.05) is 5.92 Å². The van der Waals surface area contributed by atoms with Crippen LogP contribution in [-0.4, -0.2) is 7.11 Å². The van der Waals surface area contributed by atoms with E-state index in [-0.39, 0.29) is 0 Å². The second-order valence-electron chi connectivity index (χ2n) is 0.933. The van der Waals surface area contributed by atoms with E-state index in [2.05, 4.69) is 16.6 Å². The first-order chi connectivity index (χ1) is 3.41. The van der Waals surface area contributed by atoms with Gasteiger partial charge < -0.3 is 4.74 Å². The lowest BCUT2D eigenvalue weighted by atomic mass is 10.6. The summed E-state index contributed by atoms with van der Waals surface area (Å²) in [7, 11) is 1.59. The van der Waals surface area contributed by atoms with Crippen LogP contribution in [0.25, 0.3) is 0 Å². The van der Waals surface area contributed by atoms with Crippen LogP contribution in [0.1, 0.15) is 6.92 Å². The topological polar surface area (TPSA) is 9.23 Å². The van der Waals surface area contributed by atoms with E-state index < -0.39 is 0 Å². The summed E-state index contributed by atoms with van der Waals surface area (Å²) in [5, 5.41) is 0. The minimum absolute atomic E-state index is 1.54. The van der Waals surface area contributed by atoms with Crippen molar-refractivity contribution in [1.29, 1.82) is 0 Å². The monoisotopic (exact) mass is 96.1 g/mol. The SMILES string of the molecule is CC#C/C=C\OC. The summed E-state index contributed by atoms with van der Waals surface area (Å²) in [5.74, 6) is 5.38. The molecule has 0 N–H and O–H groups in total. The molecule has 0 fully saturated rings. The number of hydrogen-bond acceptors (Lipinski definition) is 1. The lowest BCUT2D eigenvalue weighted by molar-refractivity contribution is 0.338. The van der Waals surface area contributed by atoms with Gasteiger partial charge in [0.15, 0.2) is 0 Å². The molecule has 0 radical (unpaired) electrons. The third-order valence-electron chi connectivity index (χ3n) is 0.432. The first-order valence-corrected chi connectivity index (χ1v) is 2.02. The van der Waals surface area contributed by atoms with E-state index in [0.29, 0.717) is 0 Å². The summed E-state index contributed by atoms with van der Waals surface area (Å²) in [6, 6.07) is 0. The van der Waals surface area contributed by atoms with Crippen LogP contribution in [0.3, 0.4) is 0 Å². The summed E-state index contributed by atoms with van der Waals surface area (Å²) in [4.78, 5) is 0. The van der Waals surface area contributed by atoms with Crippen molar-refractivity contribution in [2.75, 3.05) is 7.11 Å². The van der Waals surface area contributed by atoms with Crippen molar-refractivity contribution in [2.45, 2.75) is 6.92 Å². The molecule has 0 aromatic rings. The molecule has 1 nitrogen and oxygen atoms in total. The van der Waals surface area contributed by atoms with E-state index in [9.17, 15) is 0 Å². The van der Waals surface area contributed by atoms with Gasteiger partial charge in [-0.15, -0.1) is 5.92 Å². The zero-order chi connectivity index (χ0) is 5.54. The largest absolute Gasteiger partial charge is 0.504 e. The van der Waals surface area contributed by atoms with E-state index in [0.717, 1.165) is 0 Å². The molecule has 0 rings (SSSR count). The lowest BCUT2D eigenvalue weighted by Crippen LogP contribution is -1.60. The Morgan fingerprint density at radius 2 is 2.29 bits per heavy atom. The highest BCUT2D eigenvalue weighted by Gasteiger charge is 1.53. The molecule has 0 unspecified atom stereocenters. The van der Waals surface area contributed by atoms with Crippen LogP contribution in [-0.2, 0) is 4.74 Å². The highest BCUT2D eigenvalue weighted by Crippen LogP contribution is 1.66. The van der Waals surface area contributed by atoms with Crippen molar-refractivity contribution in [3.8, 4) is 11.8 Å². The fourth-order valence-electron chi connectivity index (χ4n) is 0.185. The second-order valence-corrected chi connectivity index (χ2v) is 0.933. The lowest BCUT2D eigenvalue weighted by Gasteiger charge is -1.77. The van der Waals surface area contributed by atoms with Gasteiger partial charge in [-0.25, -0.2) is 0 Å². The van der Waals surface area contributed by atoms with Gasteiger partial charge in [0.25, 0.3) is 0 Å². The van der Waals surface area contributed by atoms with E-state index in [4.69, 9.17) is 0 Å². The number of methoxy groups -OCH3 is 1. The van der Waals surface area contributed by atoms with Gasteiger partial charge in [0.1, 0.15) is 0 Å². The molecule has 0 aliphatic heterocycles. The van der Waals surface area contributed by atoms with Crippen LogP contribution in [0, 0.1) is 11.8 Å². The molecule has 0 bridgehead atoms. The van der Waals surface area contributed by atoms with Crippen molar-refractivity contribution in [1.82, 2.24) is 0 Å². The molecule has 0 heterocycles. The van der Waals surface area contributed by atoms with Crippen molar-refractivity contribution < 1.29 is 4.74 Å². The van der Waals surface area contributed by atoms with E-state index >= 15 is 0 Å². The Bertz CT molecular complexity index is 103. The first kappa shape index (κ1) is 6.10. The van der Waals surface area contributed by atoms with Crippen molar-refractivity contribution in [3.05, 3.63) is 12.3 Å². The molecule has 0 atom stereocenters. The fraction of sp³-hybridized carbons (Fsp3) is 0.333. The smallest absolute Gasteiger partial charge is 0.0908 e. The molecular weight excluding hydrogens is 88.1 g/mol. The van der Waals surface area contributed by atoms with Gasteiger partial charge in [0, 0.05) is 6.08 Å². The maximum absolute atomic E-state index is 4.56. The Kier molecular flexibility index (Phi) is 4.44. The maximum atomic E-state index is 4.56. The van der Waals surface area contributed by atoms with Gasteiger partial charge in [-0.2, -0.15) is 0 Å². The highest BCUT2D eigenvalue weighted by molar-refractivity contribution is 5.11. The van der Waals surface area contributed by atoms with Crippen LogP contribution >= 0.6 is 0 Å². The van der Waals surface area contributed by atoms with Crippen molar-refractivity contribution in [3.63, 3.8) is 0 Å². The molecule has 38 valence electrons. The predicted molar refractivity (Wildman–Crippen MR) is 29.6 cm³/mol. The average Bonchev–Trinajstić information content (AvgIpc) is 1.69. The Labute approximate surface area is 44.0 Å². The molecule has 0 aromatic carbocycles. The summed E-state index contributed by atoms with van der Waals surface area (Å²) in [6.45, 7) is 1.78. The normalized spacial score (nSPS) is 7.71. The number of hydrogen-bond donors (Lipinski definition) is 0. The van der Waals surface area contributed by atoms with Crippen LogP contribution in [0.5, 0.6) is 0 Å². The molecular formula is C6H8O. The molecule has 1 heteroatoms. The molecule has 0 aliphatic carbocycles. The Morgan fingerprint density at radius 3 is 2.71 bits per heavy atom. The average molecular weight is 96.1 g/mol. The first-order valence-electron chi connectivity index (χ1n) is 2.02.